The molecule has 0 saturated carbocycles. The number of ether oxygens (including phenoxy) is 1. The van der Waals surface area contributed by atoms with Crippen molar-refractivity contribution in [1.82, 2.24) is 9.21 Å². The van der Waals surface area contributed by atoms with E-state index in [9.17, 15) is 13.2 Å². The van der Waals surface area contributed by atoms with Gasteiger partial charge in [0.05, 0.1) is 12.9 Å². The predicted octanol–water partition coefficient (Wildman–Crippen LogP) is -0.627. The predicted molar refractivity (Wildman–Crippen MR) is 64.0 cm³/mol. The zero-order valence-corrected chi connectivity index (χ0v) is 11.4. The summed E-state index contributed by atoms with van der Waals surface area (Å²) in [5, 5.41) is 0. The Bertz CT molecular complexity index is 369. The molecule has 0 aromatic carbocycles. The number of nitrogens with zero attached hydrogens (tertiary/aromatic N) is 2. The first kappa shape index (κ1) is 14.4. The van der Waals surface area contributed by atoms with E-state index in [2.05, 4.69) is 0 Å². The van der Waals surface area contributed by atoms with E-state index in [0.29, 0.717) is 32.8 Å². The second kappa shape index (κ2) is 5.79. The van der Waals surface area contributed by atoms with E-state index in [1.54, 1.807) is 12.0 Å². The van der Waals surface area contributed by atoms with Crippen LogP contribution in [0.15, 0.2) is 0 Å². The Morgan fingerprint density at radius 1 is 1.35 bits per heavy atom. The number of rotatable bonds is 3. The Kier molecular flexibility index (Phi) is 4.91. The number of amides is 1. The van der Waals surface area contributed by atoms with Gasteiger partial charge in [-0.1, -0.05) is 0 Å². The van der Waals surface area contributed by atoms with Crippen molar-refractivity contribution in [2.24, 2.45) is 5.92 Å². The van der Waals surface area contributed by atoms with Crippen LogP contribution >= 0.6 is 0 Å². The van der Waals surface area contributed by atoms with Gasteiger partial charge in [-0.3, -0.25) is 4.79 Å². The van der Waals surface area contributed by atoms with Crippen LogP contribution in [0.5, 0.6) is 0 Å². The Morgan fingerprint density at radius 3 is 2.47 bits per heavy atom. The molecule has 0 aliphatic carbocycles. The molecule has 0 unspecified atom stereocenters. The van der Waals surface area contributed by atoms with E-state index < -0.39 is 10.0 Å². The van der Waals surface area contributed by atoms with Gasteiger partial charge in [0.15, 0.2) is 0 Å². The molecule has 0 bridgehead atoms. The van der Waals surface area contributed by atoms with E-state index in [1.165, 1.54) is 17.5 Å². The molecule has 7 heteroatoms. The molecule has 1 amide bonds. The molecular formula is C10H20N2O4S. The lowest BCUT2D eigenvalue weighted by molar-refractivity contribution is -0.129. The van der Waals surface area contributed by atoms with Crippen molar-refractivity contribution in [3.8, 4) is 0 Å². The van der Waals surface area contributed by atoms with Crippen molar-refractivity contribution in [1.29, 1.82) is 0 Å². The standard InChI is InChI=1S/C10H20N2O4S/c1-9(13)11-4-5-12(17(3,14)15)7-10(6-11)8-16-2/h10H,4-8H2,1-3H3/t10-/m0/s1. The number of sulfonamides is 1. The van der Waals surface area contributed by atoms with Crippen molar-refractivity contribution >= 4 is 15.9 Å². The van der Waals surface area contributed by atoms with Gasteiger partial charge in [0, 0.05) is 46.1 Å². The normalized spacial score (nSPS) is 23.5. The van der Waals surface area contributed by atoms with E-state index in [-0.39, 0.29) is 11.8 Å². The van der Waals surface area contributed by atoms with Crippen molar-refractivity contribution < 1.29 is 17.9 Å². The smallest absolute Gasteiger partial charge is 0.219 e. The summed E-state index contributed by atoms with van der Waals surface area (Å²) in [5.41, 5.74) is 0. The molecule has 1 atom stereocenters. The van der Waals surface area contributed by atoms with Crippen LogP contribution in [0.1, 0.15) is 6.92 Å². The van der Waals surface area contributed by atoms with Crippen LogP contribution in [-0.2, 0) is 19.6 Å². The van der Waals surface area contributed by atoms with E-state index >= 15 is 0 Å². The van der Waals surface area contributed by atoms with Gasteiger partial charge in [0.2, 0.25) is 15.9 Å². The van der Waals surface area contributed by atoms with Crippen LogP contribution in [0, 0.1) is 5.92 Å². The van der Waals surface area contributed by atoms with E-state index in [4.69, 9.17) is 4.74 Å². The first-order valence-electron chi connectivity index (χ1n) is 5.54. The lowest BCUT2D eigenvalue weighted by Crippen LogP contribution is -2.36. The summed E-state index contributed by atoms with van der Waals surface area (Å²) in [7, 11) is -1.63. The fraction of sp³-hybridized carbons (Fsp3) is 0.900. The Hall–Kier alpha value is -0.660. The topological polar surface area (TPSA) is 66.9 Å². The minimum atomic E-state index is -3.21. The van der Waals surface area contributed by atoms with E-state index in [1.807, 2.05) is 0 Å². The molecule has 1 aliphatic heterocycles. The van der Waals surface area contributed by atoms with Crippen LogP contribution in [0.3, 0.4) is 0 Å². The molecule has 0 aromatic heterocycles. The fourth-order valence-electron chi connectivity index (χ4n) is 2.00. The highest BCUT2D eigenvalue weighted by molar-refractivity contribution is 7.88. The molecule has 1 rings (SSSR count). The Balaban J connectivity index is 2.80. The zero-order chi connectivity index (χ0) is 13.1. The minimum absolute atomic E-state index is 0.0264. The fourth-order valence-corrected chi connectivity index (χ4v) is 2.90. The molecule has 100 valence electrons. The summed E-state index contributed by atoms with van der Waals surface area (Å²) >= 11 is 0. The summed E-state index contributed by atoms with van der Waals surface area (Å²) in [6.07, 6.45) is 1.19. The molecule has 0 radical (unpaired) electrons. The first-order valence-corrected chi connectivity index (χ1v) is 7.39. The number of methoxy groups -OCH3 is 1. The molecule has 0 aromatic rings. The third-order valence-corrected chi connectivity index (χ3v) is 4.15. The van der Waals surface area contributed by atoms with Crippen molar-refractivity contribution in [3.63, 3.8) is 0 Å². The molecule has 0 N–H and O–H groups in total. The third-order valence-electron chi connectivity index (χ3n) is 2.88. The average molecular weight is 264 g/mol. The molecule has 1 aliphatic rings. The summed E-state index contributed by atoms with van der Waals surface area (Å²) < 4.78 is 29.6. The summed E-state index contributed by atoms with van der Waals surface area (Å²) in [6.45, 7) is 3.72. The van der Waals surface area contributed by atoms with Crippen LogP contribution in [0.4, 0.5) is 0 Å². The zero-order valence-electron chi connectivity index (χ0n) is 10.5. The lowest BCUT2D eigenvalue weighted by atomic mass is 10.1. The van der Waals surface area contributed by atoms with Crippen molar-refractivity contribution in [2.75, 3.05) is 46.2 Å². The van der Waals surface area contributed by atoms with E-state index in [0.717, 1.165) is 0 Å². The Labute approximate surface area is 103 Å². The molecule has 0 spiro atoms. The van der Waals surface area contributed by atoms with Gasteiger partial charge in [-0.2, -0.15) is 4.31 Å². The van der Waals surface area contributed by atoms with Crippen LogP contribution in [-0.4, -0.2) is 69.7 Å². The highest BCUT2D eigenvalue weighted by atomic mass is 32.2. The van der Waals surface area contributed by atoms with Crippen LogP contribution in [0.25, 0.3) is 0 Å². The Morgan fingerprint density at radius 2 is 2.00 bits per heavy atom. The van der Waals surface area contributed by atoms with Crippen molar-refractivity contribution in [2.45, 2.75) is 6.92 Å². The second-order valence-corrected chi connectivity index (χ2v) is 6.39. The highest BCUT2D eigenvalue weighted by Gasteiger charge is 2.28. The van der Waals surface area contributed by atoms with Gasteiger partial charge in [-0.25, -0.2) is 8.42 Å². The van der Waals surface area contributed by atoms with Gasteiger partial charge in [-0.15, -0.1) is 0 Å². The van der Waals surface area contributed by atoms with Crippen molar-refractivity contribution in [3.05, 3.63) is 0 Å². The average Bonchev–Trinajstić information content (AvgIpc) is 2.40. The molecule has 1 heterocycles. The van der Waals surface area contributed by atoms with Gasteiger partial charge in [0.1, 0.15) is 0 Å². The first-order chi connectivity index (χ1) is 7.84. The maximum Gasteiger partial charge on any atom is 0.219 e. The third kappa shape index (κ3) is 4.25. The van der Waals surface area contributed by atoms with Crippen LogP contribution in [0.2, 0.25) is 0 Å². The lowest BCUT2D eigenvalue weighted by Gasteiger charge is -2.22. The maximum atomic E-state index is 11.5. The molecule has 1 saturated heterocycles. The SMILES string of the molecule is COC[C@H]1CN(C(C)=O)CCN(S(C)(=O)=O)C1. The van der Waals surface area contributed by atoms with Gasteiger partial charge in [0.25, 0.3) is 0 Å². The highest BCUT2D eigenvalue weighted by Crippen LogP contribution is 2.13. The minimum Gasteiger partial charge on any atom is -0.384 e. The van der Waals surface area contributed by atoms with Gasteiger partial charge < -0.3 is 9.64 Å². The molecule has 1 fully saturated rings. The number of carbonyl (C=O) groups is 1. The van der Waals surface area contributed by atoms with Gasteiger partial charge >= 0.3 is 0 Å². The second-order valence-electron chi connectivity index (χ2n) is 4.41. The summed E-state index contributed by atoms with van der Waals surface area (Å²) in [4.78, 5) is 13.1. The summed E-state index contributed by atoms with van der Waals surface area (Å²) in [5.74, 6) is 0.00239. The molecule has 17 heavy (non-hydrogen) atoms. The van der Waals surface area contributed by atoms with Gasteiger partial charge in [-0.05, 0) is 0 Å². The number of hydrogen-bond acceptors (Lipinski definition) is 4. The molecular weight excluding hydrogens is 244 g/mol. The largest absolute Gasteiger partial charge is 0.384 e. The van der Waals surface area contributed by atoms with Crippen LogP contribution < -0.4 is 0 Å². The molecule has 6 nitrogen and oxygen atoms in total. The monoisotopic (exact) mass is 264 g/mol. The quantitative estimate of drug-likeness (QED) is 0.681. The maximum absolute atomic E-state index is 11.5. The summed E-state index contributed by atoms with van der Waals surface area (Å²) in [6, 6.07) is 0. The number of carbonyl (C=O) groups excluding carboxylic acids is 1. The number of hydrogen-bond donors (Lipinski definition) is 0.